The van der Waals surface area contributed by atoms with E-state index in [1.54, 1.807) is 35.2 Å². The summed E-state index contributed by atoms with van der Waals surface area (Å²) in [6, 6.07) is 11.9. The van der Waals surface area contributed by atoms with E-state index in [4.69, 9.17) is 27.9 Å². The second kappa shape index (κ2) is 12.8. The monoisotopic (exact) mass is 658 g/mol. The van der Waals surface area contributed by atoms with Gasteiger partial charge >= 0.3 is 0 Å². The molecular formula is C27H29Cl2IN2O5. The van der Waals surface area contributed by atoms with E-state index in [9.17, 15) is 19.8 Å². The van der Waals surface area contributed by atoms with Crippen LogP contribution in [-0.4, -0.2) is 58.3 Å². The summed E-state index contributed by atoms with van der Waals surface area (Å²) in [6.45, 7) is 0.103. The first-order valence-electron chi connectivity index (χ1n) is 12.2. The number of nitrogens with one attached hydrogen (secondary N) is 1. The number of hydrogen-bond acceptors (Lipinski definition) is 5. The average Bonchev–Trinajstić information content (AvgIpc) is 2.84. The number of hydrogen-bond donors (Lipinski definition) is 3. The van der Waals surface area contributed by atoms with E-state index in [0.717, 1.165) is 28.4 Å². The highest BCUT2D eigenvalue weighted by atomic mass is 127. The summed E-state index contributed by atoms with van der Waals surface area (Å²) >= 11 is 14.5. The number of para-hydroxylation sites is 1. The maximum atomic E-state index is 13.7. The zero-order valence-corrected chi connectivity index (χ0v) is 23.7. The molecule has 3 N–H and O–H groups in total. The Bertz CT molecular complexity index is 1170. The Morgan fingerprint density at radius 3 is 2.54 bits per heavy atom. The molecule has 1 fully saturated rings. The van der Waals surface area contributed by atoms with Crippen molar-refractivity contribution in [2.45, 2.75) is 50.5 Å². The van der Waals surface area contributed by atoms with Crippen molar-refractivity contribution >= 4 is 57.6 Å². The van der Waals surface area contributed by atoms with Gasteiger partial charge in [0.2, 0.25) is 11.8 Å². The normalized spacial score (nSPS) is 21.5. The molecule has 0 saturated heterocycles. The van der Waals surface area contributed by atoms with Crippen LogP contribution in [0.3, 0.4) is 0 Å². The maximum absolute atomic E-state index is 13.7. The van der Waals surface area contributed by atoms with Crippen LogP contribution in [0.5, 0.6) is 5.75 Å². The molecule has 2 aromatic carbocycles. The number of aliphatic hydroxyl groups is 2. The molecule has 2 amide bonds. The van der Waals surface area contributed by atoms with Gasteiger partial charge in [0.25, 0.3) is 0 Å². The van der Waals surface area contributed by atoms with Crippen LogP contribution in [0.2, 0.25) is 10.0 Å². The molecule has 2 aromatic rings. The van der Waals surface area contributed by atoms with Crippen molar-refractivity contribution in [1.29, 1.82) is 0 Å². The van der Waals surface area contributed by atoms with Crippen LogP contribution in [0.1, 0.15) is 31.2 Å². The van der Waals surface area contributed by atoms with Gasteiger partial charge in [-0.25, -0.2) is 0 Å². The van der Waals surface area contributed by atoms with Crippen molar-refractivity contribution in [1.82, 2.24) is 10.2 Å². The number of amides is 2. The first-order chi connectivity index (χ1) is 17.8. The third kappa shape index (κ3) is 6.78. The van der Waals surface area contributed by atoms with E-state index in [-0.39, 0.29) is 43.8 Å². The van der Waals surface area contributed by atoms with Gasteiger partial charge in [0.05, 0.1) is 26.3 Å². The van der Waals surface area contributed by atoms with Gasteiger partial charge in [-0.1, -0.05) is 47.8 Å². The Hall–Kier alpha value is -1.85. The lowest BCUT2D eigenvalue weighted by Crippen LogP contribution is -2.56. The highest BCUT2D eigenvalue weighted by Crippen LogP contribution is 2.35. The van der Waals surface area contributed by atoms with Crippen LogP contribution in [0, 0.1) is 9.49 Å². The summed E-state index contributed by atoms with van der Waals surface area (Å²) in [5.41, 5.74) is 1.16. The molecule has 0 radical (unpaired) electrons. The van der Waals surface area contributed by atoms with Gasteiger partial charge in [0, 0.05) is 31.0 Å². The molecule has 3 atom stereocenters. The molecule has 198 valence electrons. The number of benzene rings is 2. The highest BCUT2D eigenvalue weighted by Gasteiger charge is 2.42. The molecule has 0 spiro atoms. The zero-order valence-electron chi connectivity index (χ0n) is 20.1. The van der Waals surface area contributed by atoms with E-state index in [2.05, 4.69) is 27.9 Å². The second-order valence-corrected chi connectivity index (χ2v) is 11.3. The Morgan fingerprint density at radius 2 is 1.89 bits per heavy atom. The van der Waals surface area contributed by atoms with E-state index in [0.29, 0.717) is 21.4 Å². The van der Waals surface area contributed by atoms with Gasteiger partial charge in [-0.2, -0.15) is 0 Å². The van der Waals surface area contributed by atoms with Gasteiger partial charge in [-0.05, 0) is 71.3 Å². The summed E-state index contributed by atoms with van der Waals surface area (Å²) in [5.74, 6) is 0.0156. The van der Waals surface area contributed by atoms with Crippen molar-refractivity contribution in [3.05, 3.63) is 73.3 Å². The molecule has 0 aromatic heterocycles. The van der Waals surface area contributed by atoms with Crippen LogP contribution in [0.25, 0.3) is 0 Å². The molecule has 2 aliphatic carbocycles. The van der Waals surface area contributed by atoms with Crippen LogP contribution in [0.4, 0.5) is 0 Å². The summed E-state index contributed by atoms with van der Waals surface area (Å²) in [4.78, 5) is 28.3. The first-order valence-corrected chi connectivity index (χ1v) is 14.1. The third-order valence-electron chi connectivity index (χ3n) is 6.79. The minimum absolute atomic E-state index is 0.0635. The van der Waals surface area contributed by atoms with Crippen molar-refractivity contribution in [3.8, 4) is 5.75 Å². The number of carbonyl (C=O) groups excluding carboxylic acids is 2. The molecule has 0 heterocycles. The van der Waals surface area contributed by atoms with Crippen LogP contribution < -0.4 is 10.1 Å². The average molecular weight is 659 g/mol. The number of carbonyl (C=O) groups is 2. The molecule has 0 aliphatic heterocycles. The Balaban J connectivity index is 1.68. The zero-order chi connectivity index (χ0) is 26.5. The van der Waals surface area contributed by atoms with Gasteiger partial charge in [-0.3, -0.25) is 9.59 Å². The van der Waals surface area contributed by atoms with Gasteiger partial charge in [0.1, 0.15) is 18.0 Å². The number of aliphatic hydroxyl groups excluding tert-OH is 2. The smallest absolute Gasteiger partial charge is 0.247 e. The van der Waals surface area contributed by atoms with E-state index >= 15 is 0 Å². The van der Waals surface area contributed by atoms with Gasteiger partial charge in [0.15, 0.2) is 0 Å². The van der Waals surface area contributed by atoms with Crippen molar-refractivity contribution in [2.24, 2.45) is 5.92 Å². The molecule has 2 aliphatic rings. The number of rotatable bonds is 9. The molecular weight excluding hydrogens is 630 g/mol. The van der Waals surface area contributed by atoms with Crippen LogP contribution >= 0.6 is 45.8 Å². The first kappa shape index (κ1) is 28.2. The second-order valence-electron chi connectivity index (χ2n) is 9.29. The molecule has 10 heteroatoms. The Labute approximate surface area is 239 Å². The quantitative estimate of drug-likeness (QED) is 0.348. The fourth-order valence-electron chi connectivity index (χ4n) is 4.55. The fraction of sp³-hybridized carbons (Fsp3) is 0.407. The molecule has 0 bridgehead atoms. The predicted octanol–water partition coefficient (Wildman–Crippen LogP) is 4.34. The highest BCUT2D eigenvalue weighted by molar-refractivity contribution is 14.1. The molecule has 7 nitrogen and oxygen atoms in total. The third-order valence-corrected chi connectivity index (χ3v) is 8.42. The minimum Gasteiger partial charge on any atom is -0.482 e. The number of nitrogens with zero attached hydrogens (tertiary/aromatic N) is 1. The number of halogens is 3. The van der Waals surface area contributed by atoms with Gasteiger partial charge < -0.3 is 25.2 Å². The summed E-state index contributed by atoms with van der Waals surface area (Å²) in [6.07, 6.45) is 2.37. The summed E-state index contributed by atoms with van der Waals surface area (Å²) in [5, 5.41) is 24.2. The summed E-state index contributed by atoms with van der Waals surface area (Å²) < 4.78 is 7.04. The van der Waals surface area contributed by atoms with Crippen molar-refractivity contribution in [3.63, 3.8) is 0 Å². The van der Waals surface area contributed by atoms with Gasteiger partial charge in [-0.15, -0.1) is 0 Å². The molecule has 1 saturated carbocycles. The summed E-state index contributed by atoms with van der Waals surface area (Å²) in [7, 11) is 0. The Morgan fingerprint density at radius 1 is 1.14 bits per heavy atom. The Kier molecular flexibility index (Phi) is 9.74. The van der Waals surface area contributed by atoms with Crippen molar-refractivity contribution < 1.29 is 24.5 Å². The van der Waals surface area contributed by atoms with E-state index in [1.807, 2.05) is 18.2 Å². The van der Waals surface area contributed by atoms with Crippen LogP contribution in [-0.2, 0) is 16.1 Å². The molecule has 3 unspecified atom stereocenters. The van der Waals surface area contributed by atoms with Crippen molar-refractivity contribution in [2.75, 3.05) is 13.2 Å². The molecule has 37 heavy (non-hydrogen) atoms. The largest absolute Gasteiger partial charge is 0.482 e. The lowest BCUT2D eigenvalue weighted by Gasteiger charge is -2.43. The SMILES string of the molecule is O=C(NCCO)C1=CC(Oc2ccccc2I)C(O)C(N(Cc2ccc(Cl)c(Cl)c2)C(=O)C2CCC2)C1. The fourth-order valence-corrected chi connectivity index (χ4v) is 5.38. The van der Waals surface area contributed by atoms with Crippen LogP contribution in [0.15, 0.2) is 54.1 Å². The predicted molar refractivity (Wildman–Crippen MR) is 151 cm³/mol. The molecule has 4 rings (SSSR count). The standard InChI is InChI=1S/C27H29Cl2IN2O5/c28-19-9-8-16(12-20(19)29)15-32(27(36)17-4-3-5-17)22-13-18(26(35)31-10-11-33)14-24(25(22)34)37-23-7-2-1-6-21(23)30/h1-2,6-9,12,14,17,22,24-25,33-34H,3-5,10-11,13,15H2,(H,31,35). The number of ether oxygens (including phenoxy) is 1. The lowest BCUT2D eigenvalue weighted by molar-refractivity contribution is -0.146. The van der Waals surface area contributed by atoms with E-state index in [1.165, 1.54) is 0 Å². The topological polar surface area (TPSA) is 99.1 Å². The minimum atomic E-state index is -1.09. The van der Waals surface area contributed by atoms with E-state index < -0.39 is 18.2 Å². The maximum Gasteiger partial charge on any atom is 0.247 e. The lowest BCUT2D eigenvalue weighted by atomic mass is 9.82.